The van der Waals surface area contributed by atoms with Gasteiger partial charge in [0.2, 0.25) is 0 Å². The maximum absolute atomic E-state index is 10.4. The van der Waals surface area contributed by atoms with E-state index in [9.17, 15) is 4.79 Å². The topological polar surface area (TPSA) is 39.4 Å². The standard InChI is InChI=1S/C13H11BrO3/c1-9-2-5-13(12(14)6-9)16-8-11-4-3-10(7-15)17-11/h2-7H,8H2,1H3. The summed E-state index contributed by atoms with van der Waals surface area (Å²) in [6.45, 7) is 2.31. The Morgan fingerprint density at radius 2 is 2.18 bits per heavy atom. The van der Waals surface area contributed by atoms with Crippen molar-refractivity contribution in [3.05, 3.63) is 51.9 Å². The highest BCUT2D eigenvalue weighted by atomic mass is 79.9. The molecular formula is C13H11BrO3. The first kappa shape index (κ1) is 11.9. The lowest BCUT2D eigenvalue weighted by atomic mass is 10.2. The lowest BCUT2D eigenvalue weighted by Crippen LogP contribution is -1.94. The second kappa shape index (κ2) is 5.19. The molecule has 0 N–H and O–H groups in total. The number of carbonyl (C=O) groups is 1. The zero-order valence-corrected chi connectivity index (χ0v) is 10.9. The van der Waals surface area contributed by atoms with Crippen LogP contribution in [-0.4, -0.2) is 6.29 Å². The third-order valence-electron chi connectivity index (χ3n) is 2.26. The Labute approximate surface area is 108 Å². The predicted octanol–water partition coefficient (Wildman–Crippen LogP) is 3.74. The quantitative estimate of drug-likeness (QED) is 0.807. The molecule has 0 saturated carbocycles. The molecule has 1 aromatic heterocycles. The second-order valence-corrected chi connectivity index (χ2v) is 4.50. The van der Waals surface area contributed by atoms with E-state index in [2.05, 4.69) is 15.9 Å². The van der Waals surface area contributed by atoms with Gasteiger partial charge in [0.1, 0.15) is 18.1 Å². The fraction of sp³-hybridized carbons (Fsp3) is 0.154. The van der Waals surface area contributed by atoms with Crippen molar-refractivity contribution in [2.75, 3.05) is 0 Å². The molecular weight excluding hydrogens is 284 g/mol. The molecule has 0 amide bonds. The third kappa shape index (κ3) is 2.97. The van der Waals surface area contributed by atoms with Crippen LogP contribution in [0.2, 0.25) is 0 Å². The summed E-state index contributed by atoms with van der Waals surface area (Å²) in [6, 6.07) is 9.19. The Kier molecular flexibility index (Phi) is 3.64. The normalized spacial score (nSPS) is 10.2. The minimum Gasteiger partial charge on any atom is -0.484 e. The largest absolute Gasteiger partial charge is 0.484 e. The Hall–Kier alpha value is -1.55. The van der Waals surface area contributed by atoms with E-state index in [-0.39, 0.29) is 0 Å². The summed E-state index contributed by atoms with van der Waals surface area (Å²) >= 11 is 3.43. The summed E-state index contributed by atoms with van der Waals surface area (Å²) < 4.78 is 11.7. The summed E-state index contributed by atoms with van der Waals surface area (Å²) in [5, 5.41) is 0. The molecule has 0 radical (unpaired) electrons. The minimum absolute atomic E-state index is 0.301. The molecule has 0 saturated heterocycles. The van der Waals surface area contributed by atoms with Crippen molar-refractivity contribution in [1.29, 1.82) is 0 Å². The van der Waals surface area contributed by atoms with Gasteiger partial charge < -0.3 is 9.15 Å². The van der Waals surface area contributed by atoms with Crippen LogP contribution in [0.5, 0.6) is 5.75 Å². The lowest BCUT2D eigenvalue weighted by molar-refractivity contribution is 0.109. The first-order chi connectivity index (χ1) is 8.19. The molecule has 2 aromatic rings. The van der Waals surface area contributed by atoms with Crippen LogP contribution in [0.25, 0.3) is 0 Å². The van der Waals surface area contributed by atoms with Crippen LogP contribution in [0.4, 0.5) is 0 Å². The van der Waals surface area contributed by atoms with Crippen LogP contribution < -0.4 is 4.74 Å². The minimum atomic E-state index is 0.301. The van der Waals surface area contributed by atoms with Crippen LogP contribution in [0.3, 0.4) is 0 Å². The van der Waals surface area contributed by atoms with Gasteiger partial charge in [-0.05, 0) is 52.7 Å². The Morgan fingerprint density at radius 3 is 2.82 bits per heavy atom. The summed E-state index contributed by atoms with van der Waals surface area (Å²) in [4.78, 5) is 10.4. The van der Waals surface area contributed by atoms with Crippen molar-refractivity contribution >= 4 is 22.2 Å². The lowest BCUT2D eigenvalue weighted by Gasteiger charge is -2.06. The Morgan fingerprint density at radius 1 is 1.35 bits per heavy atom. The fourth-order valence-corrected chi connectivity index (χ4v) is 2.01. The van der Waals surface area contributed by atoms with E-state index in [1.54, 1.807) is 12.1 Å². The monoisotopic (exact) mass is 294 g/mol. The van der Waals surface area contributed by atoms with Crippen LogP contribution in [0.1, 0.15) is 21.9 Å². The van der Waals surface area contributed by atoms with Crippen molar-refractivity contribution in [3.8, 4) is 5.75 Å². The SMILES string of the molecule is Cc1ccc(OCc2ccc(C=O)o2)c(Br)c1. The van der Waals surface area contributed by atoms with E-state index in [4.69, 9.17) is 9.15 Å². The molecule has 3 nitrogen and oxygen atoms in total. The number of halogens is 1. The van der Waals surface area contributed by atoms with E-state index in [1.165, 1.54) is 0 Å². The van der Waals surface area contributed by atoms with Gasteiger partial charge in [-0.3, -0.25) is 4.79 Å². The molecule has 88 valence electrons. The maximum Gasteiger partial charge on any atom is 0.185 e. The highest BCUT2D eigenvalue weighted by Gasteiger charge is 2.04. The smallest absolute Gasteiger partial charge is 0.185 e. The predicted molar refractivity (Wildman–Crippen MR) is 67.3 cm³/mol. The van der Waals surface area contributed by atoms with E-state index in [0.29, 0.717) is 24.4 Å². The van der Waals surface area contributed by atoms with Crippen molar-refractivity contribution in [1.82, 2.24) is 0 Å². The van der Waals surface area contributed by atoms with Gasteiger partial charge in [0.25, 0.3) is 0 Å². The molecule has 0 aliphatic rings. The van der Waals surface area contributed by atoms with Crippen LogP contribution in [-0.2, 0) is 6.61 Å². The zero-order chi connectivity index (χ0) is 12.3. The molecule has 0 atom stereocenters. The van der Waals surface area contributed by atoms with Crippen molar-refractivity contribution in [2.45, 2.75) is 13.5 Å². The molecule has 0 unspecified atom stereocenters. The number of ether oxygens (including phenoxy) is 1. The van der Waals surface area contributed by atoms with Gasteiger partial charge in [0.05, 0.1) is 4.47 Å². The number of hydrogen-bond acceptors (Lipinski definition) is 3. The molecule has 0 bridgehead atoms. The van der Waals surface area contributed by atoms with Crippen molar-refractivity contribution in [2.24, 2.45) is 0 Å². The van der Waals surface area contributed by atoms with Crippen LogP contribution in [0.15, 0.2) is 39.2 Å². The molecule has 4 heteroatoms. The van der Waals surface area contributed by atoms with Crippen LogP contribution in [0, 0.1) is 6.92 Å². The van der Waals surface area contributed by atoms with Gasteiger partial charge in [0, 0.05) is 0 Å². The molecule has 0 aliphatic carbocycles. The number of furan rings is 1. The zero-order valence-electron chi connectivity index (χ0n) is 9.27. The first-order valence-corrected chi connectivity index (χ1v) is 5.91. The van der Waals surface area contributed by atoms with E-state index in [0.717, 1.165) is 15.8 Å². The van der Waals surface area contributed by atoms with Gasteiger partial charge >= 0.3 is 0 Å². The fourth-order valence-electron chi connectivity index (χ4n) is 1.41. The Bertz CT molecular complexity index is 531. The number of rotatable bonds is 4. The molecule has 0 spiro atoms. The van der Waals surface area contributed by atoms with Gasteiger partial charge in [-0.25, -0.2) is 0 Å². The second-order valence-electron chi connectivity index (χ2n) is 3.64. The summed E-state index contributed by atoms with van der Waals surface area (Å²) in [7, 11) is 0. The van der Waals surface area contributed by atoms with Crippen LogP contribution >= 0.6 is 15.9 Å². The Balaban J connectivity index is 2.04. The third-order valence-corrected chi connectivity index (χ3v) is 2.88. The van der Waals surface area contributed by atoms with Crippen molar-refractivity contribution < 1.29 is 13.9 Å². The highest BCUT2D eigenvalue weighted by Crippen LogP contribution is 2.26. The van der Waals surface area contributed by atoms with Gasteiger partial charge in [-0.2, -0.15) is 0 Å². The summed E-state index contributed by atoms with van der Waals surface area (Å²) in [5.41, 5.74) is 1.16. The average molecular weight is 295 g/mol. The number of aldehydes is 1. The molecule has 0 fully saturated rings. The van der Waals surface area contributed by atoms with E-state index in [1.807, 2.05) is 25.1 Å². The molecule has 2 rings (SSSR count). The van der Waals surface area contributed by atoms with E-state index < -0.39 is 0 Å². The molecule has 1 heterocycles. The van der Waals surface area contributed by atoms with Gasteiger partial charge in [-0.15, -0.1) is 0 Å². The number of carbonyl (C=O) groups excluding carboxylic acids is 1. The number of hydrogen-bond donors (Lipinski definition) is 0. The molecule has 1 aromatic carbocycles. The van der Waals surface area contributed by atoms with E-state index >= 15 is 0 Å². The molecule has 0 aliphatic heterocycles. The average Bonchev–Trinajstić information content (AvgIpc) is 2.76. The van der Waals surface area contributed by atoms with Gasteiger partial charge in [-0.1, -0.05) is 6.07 Å². The maximum atomic E-state index is 10.4. The summed E-state index contributed by atoms with van der Waals surface area (Å²) in [6.07, 6.45) is 0.672. The first-order valence-electron chi connectivity index (χ1n) is 5.12. The van der Waals surface area contributed by atoms with Gasteiger partial charge in [0.15, 0.2) is 12.0 Å². The van der Waals surface area contributed by atoms with Crippen molar-refractivity contribution in [3.63, 3.8) is 0 Å². The number of benzene rings is 1. The molecule has 17 heavy (non-hydrogen) atoms. The number of aryl methyl sites for hydroxylation is 1. The highest BCUT2D eigenvalue weighted by molar-refractivity contribution is 9.10. The summed E-state index contributed by atoms with van der Waals surface area (Å²) in [5.74, 6) is 1.69.